The Kier molecular flexibility index (Phi) is 6.14. The van der Waals surface area contributed by atoms with Gasteiger partial charge in [-0.15, -0.1) is 0 Å². The number of fused-ring (bicyclic) bond motifs is 1. The first-order valence-electron chi connectivity index (χ1n) is 8.06. The Bertz CT molecular complexity index is 735. The number of ether oxygens (including phenoxy) is 1. The van der Waals surface area contributed by atoms with Crippen molar-refractivity contribution in [1.29, 1.82) is 0 Å². The quantitative estimate of drug-likeness (QED) is 0.599. The van der Waals surface area contributed by atoms with Crippen LogP contribution in [0.25, 0.3) is 10.8 Å². The molecular weight excluding hydrogens is 304 g/mol. The molecule has 6 heteroatoms. The fourth-order valence-corrected chi connectivity index (χ4v) is 2.46. The Morgan fingerprint density at radius 1 is 1.08 bits per heavy atom. The van der Waals surface area contributed by atoms with Gasteiger partial charge in [0.15, 0.2) is 5.96 Å². The smallest absolute Gasteiger partial charge is 0.280 e. The molecule has 1 amide bonds. The number of benzene rings is 2. The highest BCUT2D eigenvalue weighted by atomic mass is 16.5. The van der Waals surface area contributed by atoms with Crippen molar-refractivity contribution in [3.8, 4) is 5.75 Å². The molecule has 0 spiro atoms. The number of carbonyl (C=O) groups is 1. The minimum atomic E-state index is -0.448. The van der Waals surface area contributed by atoms with Gasteiger partial charge in [0.1, 0.15) is 12.4 Å². The molecule has 0 atom stereocenters. The van der Waals surface area contributed by atoms with Gasteiger partial charge >= 0.3 is 0 Å². The normalized spacial score (nSPS) is 10.8. The van der Waals surface area contributed by atoms with Gasteiger partial charge in [-0.1, -0.05) is 26.0 Å². The number of hydrogen-bond acceptors (Lipinski definition) is 3. The lowest BCUT2D eigenvalue weighted by molar-refractivity contribution is 0.100. The van der Waals surface area contributed by atoms with Crippen molar-refractivity contribution in [2.45, 2.75) is 13.8 Å². The van der Waals surface area contributed by atoms with E-state index in [1.54, 1.807) is 12.1 Å². The molecule has 2 aromatic carbocycles. The number of nitrogens with zero attached hydrogens (tertiary/aromatic N) is 2. The lowest BCUT2D eigenvalue weighted by Crippen LogP contribution is -2.27. The molecule has 0 aliphatic rings. The van der Waals surface area contributed by atoms with Crippen LogP contribution in [0.5, 0.6) is 5.75 Å². The van der Waals surface area contributed by atoms with E-state index in [0.29, 0.717) is 12.2 Å². The molecule has 0 saturated heterocycles. The molecule has 0 heterocycles. The van der Waals surface area contributed by atoms with E-state index in [2.05, 4.69) is 23.7 Å². The van der Waals surface area contributed by atoms with Gasteiger partial charge in [-0.2, -0.15) is 4.99 Å². The molecule has 128 valence electrons. The summed E-state index contributed by atoms with van der Waals surface area (Å²) in [6.45, 7) is 7.86. The predicted octanol–water partition coefficient (Wildman–Crippen LogP) is 1.97. The molecule has 24 heavy (non-hydrogen) atoms. The summed E-state index contributed by atoms with van der Waals surface area (Å²) < 4.78 is 5.82. The van der Waals surface area contributed by atoms with E-state index in [0.717, 1.165) is 36.2 Å². The first-order valence-corrected chi connectivity index (χ1v) is 8.06. The van der Waals surface area contributed by atoms with Gasteiger partial charge in [-0.25, -0.2) is 0 Å². The van der Waals surface area contributed by atoms with E-state index in [1.807, 2.05) is 24.3 Å². The fraction of sp³-hybridized carbons (Fsp3) is 0.333. The molecule has 0 unspecified atom stereocenters. The summed E-state index contributed by atoms with van der Waals surface area (Å²) in [5.41, 5.74) is 10.9. The topological polar surface area (TPSA) is 93.9 Å². The molecule has 0 fully saturated rings. The van der Waals surface area contributed by atoms with Crippen molar-refractivity contribution in [3.63, 3.8) is 0 Å². The summed E-state index contributed by atoms with van der Waals surface area (Å²) in [5.74, 6) is 0.131. The van der Waals surface area contributed by atoms with Gasteiger partial charge in [0.05, 0.1) is 0 Å². The highest BCUT2D eigenvalue weighted by molar-refractivity contribution is 6.04. The summed E-state index contributed by atoms with van der Waals surface area (Å²) in [5, 5.41) is 1.93. The number of rotatable bonds is 7. The number of hydrogen-bond donors (Lipinski definition) is 2. The Morgan fingerprint density at radius 2 is 1.75 bits per heavy atom. The molecule has 0 aliphatic heterocycles. The van der Waals surface area contributed by atoms with E-state index in [1.165, 1.54) is 0 Å². The van der Waals surface area contributed by atoms with Crippen LogP contribution in [0.15, 0.2) is 41.4 Å². The molecule has 0 bridgehead atoms. The van der Waals surface area contributed by atoms with Gasteiger partial charge in [0.2, 0.25) is 0 Å². The van der Waals surface area contributed by atoms with Crippen molar-refractivity contribution in [2.75, 3.05) is 26.2 Å². The van der Waals surface area contributed by atoms with E-state index < -0.39 is 5.91 Å². The predicted molar refractivity (Wildman–Crippen MR) is 97.4 cm³/mol. The second-order valence-electron chi connectivity index (χ2n) is 5.44. The molecule has 4 N–H and O–H groups in total. The van der Waals surface area contributed by atoms with E-state index in [-0.39, 0.29) is 5.96 Å². The molecule has 0 aliphatic carbocycles. The van der Waals surface area contributed by atoms with Gasteiger partial charge in [0, 0.05) is 12.1 Å². The fourth-order valence-electron chi connectivity index (χ4n) is 2.46. The van der Waals surface area contributed by atoms with Gasteiger partial charge in [-0.05, 0) is 48.1 Å². The van der Waals surface area contributed by atoms with Crippen molar-refractivity contribution < 1.29 is 9.53 Å². The van der Waals surface area contributed by atoms with Crippen LogP contribution in [-0.4, -0.2) is 43.0 Å². The number of nitrogens with two attached hydrogens (primary N) is 2. The highest BCUT2D eigenvalue weighted by Gasteiger charge is 2.07. The summed E-state index contributed by atoms with van der Waals surface area (Å²) in [6, 6.07) is 11.1. The Hall–Kier alpha value is -2.60. The maximum atomic E-state index is 11.9. The zero-order valence-electron chi connectivity index (χ0n) is 14.2. The Balaban J connectivity index is 2.09. The first kappa shape index (κ1) is 17.7. The maximum absolute atomic E-state index is 11.9. The van der Waals surface area contributed by atoms with Crippen LogP contribution in [0.4, 0.5) is 0 Å². The third kappa shape index (κ3) is 4.70. The van der Waals surface area contributed by atoms with E-state index in [9.17, 15) is 4.79 Å². The standard InChI is InChI=1S/C18H24N4O2/c1-3-22(4-2)9-10-24-16-8-7-13-11-15(6-5-14(13)12-16)17(23)21-18(19)20/h5-8,11-12H,3-4,9-10H2,1-2H3,(H4,19,20,21,23). The van der Waals surface area contributed by atoms with Crippen LogP contribution in [0.2, 0.25) is 0 Å². The second-order valence-corrected chi connectivity index (χ2v) is 5.44. The monoisotopic (exact) mass is 328 g/mol. The van der Waals surface area contributed by atoms with Crippen LogP contribution < -0.4 is 16.2 Å². The lowest BCUT2D eigenvalue weighted by Gasteiger charge is -2.18. The molecule has 6 nitrogen and oxygen atoms in total. The second kappa shape index (κ2) is 8.31. The summed E-state index contributed by atoms with van der Waals surface area (Å²) in [7, 11) is 0. The third-order valence-corrected chi connectivity index (χ3v) is 3.86. The Morgan fingerprint density at radius 3 is 2.42 bits per heavy atom. The maximum Gasteiger partial charge on any atom is 0.280 e. The number of amides is 1. The van der Waals surface area contributed by atoms with Crippen LogP contribution in [0.1, 0.15) is 24.2 Å². The number of likely N-dealkylation sites (N-methyl/N-ethyl adjacent to an activating group) is 1. The molecule has 2 rings (SSSR count). The zero-order chi connectivity index (χ0) is 17.5. The Labute approximate surface area is 142 Å². The lowest BCUT2D eigenvalue weighted by atomic mass is 10.1. The average Bonchev–Trinajstić information content (AvgIpc) is 2.57. The molecule has 0 radical (unpaired) electrons. The van der Waals surface area contributed by atoms with Crippen LogP contribution in [-0.2, 0) is 0 Å². The summed E-state index contributed by atoms with van der Waals surface area (Å²) in [4.78, 5) is 17.7. The van der Waals surface area contributed by atoms with Gasteiger partial charge in [-0.3, -0.25) is 4.79 Å². The average molecular weight is 328 g/mol. The van der Waals surface area contributed by atoms with Crippen molar-refractivity contribution in [2.24, 2.45) is 16.5 Å². The molecule has 0 saturated carbocycles. The number of aliphatic imine (C=N–C) groups is 1. The van der Waals surface area contributed by atoms with E-state index >= 15 is 0 Å². The van der Waals surface area contributed by atoms with Crippen molar-refractivity contribution in [3.05, 3.63) is 42.0 Å². The van der Waals surface area contributed by atoms with Crippen LogP contribution in [0, 0.1) is 0 Å². The van der Waals surface area contributed by atoms with Crippen LogP contribution in [0.3, 0.4) is 0 Å². The largest absolute Gasteiger partial charge is 0.492 e. The SMILES string of the molecule is CCN(CC)CCOc1ccc2cc(C(=O)N=C(N)N)ccc2c1. The summed E-state index contributed by atoms with van der Waals surface area (Å²) >= 11 is 0. The van der Waals surface area contributed by atoms with E-state index in [4.69, 9.17) is 16.2 Å². The molecule has 2 aromatic rings. The van der Waals surface area contributed by atoms with Gasteiger partial charge in [0.25, 0.3) is 5.91 Å². The summed E-state index contributed by atoms with van der Waals surface area (Å²) in [6.07, 6.45) is 0. The van der Waals surface area contributed by atoms with Gasteiger partial charge < -0.3 is 21.1 Å². The third-order valence-electron chi connectivity index (χ3n) is 3.86. The minimum Gasteiger partial charge on any atom is -0.492 e. The van der Waals surface area contributed by atoms with Crippen LogP contribution >= 0.6 is 0 Å². The minimum absolute atomic E-state index is 0.239. The molecular formula is C18H24N4O2. The number of carbonyl (C=O) groups excluding carboxylic acids is 1. The zero-order valence-corrected chi connectivity index (χ0v) is 14.2. The van der Waals surface area contributed by atoms with Crippen molar-refractivity contribution in [1.82, 2.24) is 4.90 Å². The first-order chi connectivity index (χ1) is 11.5. The van der Waals surface area contributed by atoms with Crippen molar-refractivity contribution >= 4 is 22.6 Å². The number of guanidine groups is 1. The highest BCUT2D eigenvalue weighted by Crippen LogP contribution is 2.22. The molecule has 0 aromatic heterocycles.